The minimum atomic E-state index is -4.58. The number of nitrogens with one attached hydrogen (secondary N) is 3. The van der Waals surface area contributed by atoms with E-state index in [1.54, 1.807) is 24.3 Å². The van der Waals surface area contributed by atoms with Gasteiger partial charge < -0.3 is 10.6 Å². The summed E-state index contributed by atoms with van der Waals surface area (Å²) in [6, 6.07) is 10.4. The summed E-state index contributed by atoms with van der Waals surface area (Å²) in [5.74, 6) is -0.175. The van der Waals surface area contributed by atoms with Crippen LogP contribution in [0.2, 0.25) is 0 Å². The van der Waals surface area contributed by atoms with Crippen LogP contribution < -0.4 is 15.4 Å². The molecule has 0 aliphatic rings. The summed E-state index contributed by atoms with van der Waals surface area (Å²) < 4.78 is 63.9. The van der Waals surface area contributed by atoms with E-state index in [0.717, 1.165) is 6.07 Å². The van der Waals surface area contributed by atoms with E-state index in [1.807, 2.05) is 0 Å². The van der Waals surface area contributed by atoms with Crippen LogP contribution in [-0.4, -0.2) is 21.5 Å². The highest BCUT2D eigenvalue weighted by molar-refractivity contribution is 7.88. The van der Waals surface area contributed by atoms with Crippen LogP contribution >= 0.6 is 0 Å². The van der Waals surface area contributed by atoms with E-state index in [4.69, 9.17) is 0 Å². The minimum absolute atomic E-state index is 0.0685. The SMILES string of the molecule is CNS(=O)(=O)Cc1ccc(CNC(=O)Nc2ccccc2C(F)(F)F)cc1. The Kier molecular flexibility index (Phi) is 6.45. The van der Waals surface area contributed by atoms with Gasteiger partial charge in [-0.25, -0.2) is 17.9 Å². The van der Waals surface area contributed by atoms with Crippen LogP contribution in [0.15, 0.2) is 48.5 Å². The Morgan fingerprint density at radius 3 is 2.19 bits per heavy atom. The maximum Gasteiger partial charge on any atom is 0.418 e. The molecule has 146 valence electrons. The molecule has 0 fully saturated rings. The van der Waals surface area contributed by atoms with E-state index in [2.05, 4.69) is 15.4 Å². The van der Waals surface area contributed by atoms with Crippen LogP contribution in [0.25, 0.3) is 0 Å². The maximum absolute atomic E-state index is 12.9. The standard InChI is InChI=1S/C17H18F3N3O3S/c1-21-27(25,26)11-13-8-6-12(7-9-13)10-22-16(24)23-15-5-3-2-4-14(15)17(18,19)20/h2-9,21H,10-11H2,1H3,(H2,22,23,24). The topological polar surface area (TPSA) is 87.3 Å². The molecule has 0 bridgehead atoms. The van der Waals surface area contributed by atoms with Crippen molar-refractivity contribution in [3.63, 3.8) is 0 Å². The van der Waals surface area contributed by atoms with Gasteiger partial charge in [-0.05, 0) is 30.3 Å². The van der Waals surface area contributed by atoms with Crippen molar-refractivity contribution in [1.82, 2.24) is 10.0 Å². The number of benzene rings is 2. The largest absolute Gasteiger partial charge is 0.418 e. The van der Waals surface area contributed by atoms with Gasteiger partial charge >= 0.3 is 12.2 Å². The molecular formula is C17H18F3N3O3S. The van der Waals surface area contributed by atoms with E-state index in [1.165, 1.54) is 25.2 Å². The normalized spacial score (nSPS) is 11.9. The van der Waals surface area contributed by atoms with E-state index in [9.17, 15) is 26.4 Å². The Bertz CT molecular complexity index is 898. The van der Waals surface area contributed by atoms with Crippen molar-refractivity contribution < 1.29 is 26.4 Å². The quantitative estimate of drug-likeness (QED) is 0.695. The number of carbonyl (C=O) groups excluding carboxylic acids is 1. The van der Waals surface area contributed by atoms with Crippen molar-refractivity contribution in [1.29, 1.82) is 0 Å². The van der Waals surface area contributed by atoms with Crippen molar-refractivity contribution in [2.75, 3.05) is 12.4 Å². The Balaban J connectivity index is 1.95. The monoisotopic (exact) mass is 401 g/mol. The summed E-state index contributed by atoms with van der Waals surface area (Å²) in [6.45, 7) is 0.0685. The lowest BCUT2D eigenvalue weighted by Crippen LogP contribution is -2.29. The predicted octanol–water partition coefficient (Wildman–Crippen LogP) is 3.08. The van der Waals surface area contributed by atoms with Crippen LogP contribution in [0.5, 0.6) is 0 Å². The molecule has 0 saturated carbocycles. The molecule has 10 heteroatoms. The molecule has 3 N–H and O–H groups in total. The molecule has 0 heterocycles. The Morgan fingerprint density at radius 2 is 1.59 bits per heavy atom. The molecule has 2 aromatic carbocycles. The highest BCUT2D eigenvalue weighted by Gasteiger charge is 2.33. The van der Waals surface area contributed by atoms with Crippen molar-refractivity contribution >= 4 is 21.7 Å². The number of hydrogen-bond donors (Lipinski definition) is 3. The fourth-order valence-electron chi connectivity index (χ4n) is 2.23. The van der Waals surface area contributed by atoms with E-state index >= 15 is 0 Å². The number of urea groups is 1. The Labute approximate surface area is 154 Å². The molecule has 0 aliphatic carbocycles. The van der Waals surface area contributed by atoms with Crippen molar-refractivity contribution in [3.8, 4) is 0 Å². The molecule has 0 saturated heterocycles. The van der Waals surface area contributed by atoms with E-state index in [-0.39, 0.29) is 18.0 Å². The first kappa shape index (κ1) is 20.7. The second kappa shape index (κ2) is 8.40. The number of hydrogen-bond acceptors (Lipinski definition) is 3. The van der Waals surface area contributed by atoms with Crippen LogP contribution in [-0.2, 0) is 28.5 Å². The number of halogens is 3. The average Bonchev–Trinajstić information content (AvgIpc) is 2.60. The molecule has 6 nitrogen and oxygen atoms in total. The number of sulfonamides is 1. The van der Waals surface area contributed by atoms with Crippen LogP contribution in [0, 0.1) is 0 Å². The maximum atomic E-state index is 12.9. The van der Waals surface area contributed by atoms with Gasteiger partial charge in [0.2, 0.25) is 10.0 Å². The van der Waals surface area contributed by atoms with Crippen molar-refractivity contribution in [3.05, 3.63) is 65.2 Å². The molecule has 0 unspecified atom stereocenters. The van der Waals surface area contributed by atoms with Gasteiger partial charge in [0.15, 0.2) is 0 Å². The average molecular weight is 401 g/mol. The zero-order chi connectivity index (χ0) is 20.1. The lowest BCUT2D eigenvalue weighted by molar-refractivity contribution is -0.136. The zero-order valence-corrected chi connectivity index (χ0v) is 15.1. The highest BCUT2D eigenvalue weighted by Crippen LogP contribution is 2.34. The van der Waals surface area contributed by atoms with Gasteiger partial charge in [-0.15, -0.1) is 0 Å². The molecule has 2 rings (SSSR count). The number of para-hydroxylation sites is 1. The molecule has 27 heavy (non-hydrogen) atoms. The molecule has 0 aromatic heterocycles. The fourth-order valence-corrected chi connectivity index (χ4v) is 3.01. The smallest absolute Gasteiger partial charge is 0.334 e. The summed E-state index contributed by atoms with van der Waals surface area (Å²) in [4.78, 5) is 11.9. The Hall–Kier alpha value is -2.59. The number of alkyl halides is 3. The third-order valence-corrected chi connectivity index (χ3v) is 4.96. The first-order valence-corrected chi connectivity index (χ1v) is 9.46. The minimum Gasteiger partial charge on any atom is -0.334 e. The summed E-state index contributed by atoms with van der Waals surface area (Å²) in [5.41, 5.74) is -0.0399. The van der Waals surface area contributed by atoms with Crippen molar-refractivity contribution in [2.45, 2.75) is 18.5 Å². The third kappa shape index (κ3) is 6.26. The number of anilines is 1. The Morgan fingerprint density at radius 1 is 1.00 bits per heavy atom. The molecule has 2 amide bonds. The lowest BCUT2D eigenvalue weighted by Gasteiger charge is -2.14. The summed E-state index contributed by atoms with van der Waals surface area (Å²) in [7, 11) is -2.06. The van der Waals surface area contributed by atoms with Gasteiger partial charge in [-0.1, -0.05) is 36.4 Å². The van der Waals surface area contributed by atoms with Gasteiger partial charge in [0.25, 0.3) is 0 Å². The fraction of sp³-hybridized carbons (Fsp3) is 0.235. The van der Waals surface area contributed by atoms with Gasteiger partial charge in [-0.2, -0.15) is 13.2 Å². The van der Waals surface area contributed by atoms with Gasteiger partial charge in [0.1, 0.15) is 0 Å². The van der Waals surface area contributed by atoms with Crippen LogP contribution in [0.3, 0.4) is 0 Å². The van der Waals surface area contributed by atoms with Gasteiger partial charge in [0, 0.05) is 6.54 Å². The second-order valence-corrected chi connectivity index (χ2v) is 7.56. The lowest BCUT2D eigenvalue weighted by atomic mass is 10.1. The first-order chi connectivity index (χ1) is 12.6. The number of carbonyl (C=O) groups is 1. The van der Waals surface area contributed by atoms with Crippen LogP contribution in [0.4, 0.5) is 23.7 Å². The molecular weight excluding hydrogens is 383 g/mol. The second-order valence-electron chi connectivity index (χ2n) is 5.63. The molecule has 0 atom stereocenters. The van der Waals surface area contributed by atoms with Gasteiger partial charge in [0.05, 0.1) is 17.0 Å². The molecule has 0 aliphatic heterocycles. The number of rotatable bonds is 6. The molecule has 0 spiro atoms. The van der Waals surface area contributed by atoms with Crippen LogP contribution in [0.1, 0.15) is 16.7 Å². The molecule has 2 aromatic rings. The van der Waals surface area contributed by atoms with Gasteiger partial charge in [-0.3, -0.25) is 0 Å². The van der Waals surface area contributed by atoms with E-state index in [0.29, 0.717) is 11.1 Å². The third-order valence-electron chi connectivity index (χ3n) is 3.62. The number of amides is 2. The summed E-state index contributed by atoms with van der Waals surface area (Å²) in [5, 5.41) is 4.64. The van der Waals surface area contributed by atoms with Crippen molar-refractivity contribution in [2.24, 2.45) is 0 Å². The molecule has 0 radical (unpaired) electrons. The zero-order valence-electron chi connectivity index (χ0n) is 14.3. The van der Waals surface area contributed by atoms with E-state index < -0.39 is 27.8 Å². The summed E-state index contributed by atoms with van der Waals surface area (Å²) in [6.07, 6.45) is -4.58. The highest BCUT2D eigenvalue weighted by atomic mass is 32.2. The predicted molar refractivity (Wildman–Crippen MR) is 95.4 cm³/mol. The first-order valence-electron chi connectivity index (χ1n) is 7.81. The summed E-state index contributed by atoms with van der Waals surface area (Å²) >= 11 is 0.